The molecule has 0 spiro atoms. The highest BCUT2D eigenvalue weighted by molar-refractivity contribution is 9.10. The van der Waals surface area contributed by atoms with Crippen LogP contribution in [-0.2, 0) is 11.0 Å². The summed E-state index contributed by atoms with van der Waals surface area (Å²) in [5, 5.41) is 11.5. The predicted molar refractivity (Wildman–Crippen MR) is 62.4 cm³/mol. The van der Waals surface area contributed by atoms with Crippen molar-refractivity contribution in [2.75, 3.05) is 5.32 Å². The summed E-state index contributed by atoms with van der Waals surface area (Å²) in [5.74, 6) is -1.13. The molecule has 0 heterocycles. The Hall–Kier alpha value is -1.24. The van der Waals surface area contributed by atoms with Crippen LogP contribution in [0.3, 0.4) is 0 Å². The first-order valence-corrected chi connectivity index (χ1v) is 5.92. The van der Waals surface area contributed by atoms with Gasteiger partial charge in [0.25, 0.3) is 0 Å². The maximum Gasteiger partial charge on any atom is 0.418 e. The number of carboxylic acid groups (broad SMARTS) is 1. The highest BCUT2D eigenvalue weighted by Crippen LogP contribution is 2.43. The molecule has 98 valence electrons. The van der Waals surface area contributed by atoms with Crippen molar-refractivity contribution in [2.45, 2.75) is 24.6 Å². The van der Waals surface area contributed by atoms with Gasteiger partial charge in [-0.25, -0.2) is 4.79 Å². The Morgan fingerprint density at radius 3 is 2.44 bits per heavy atom. The van der Waals surface area contributed by atoms with Crippen LogP contribution in [0.1, 0.15) is 18.4 Å². The van der Waals surface area contributed by atoms with Gasteiger partial charge in [-0.15, -0.1) is 0 Å². The predicted octanol–water partition coefficient (Wildman–Crippen LogP) is 3.50. The van der Waals surface area contributed by atoms with Crippen molar-refractivity contribution in [1.82, 2.24) is 0 Å². The lowest BCUT2D eigenvalue weighted by Gasteiger charge is -2.19. The molecule has 1 saturated carbocycles. The van der Waals surface area contributed by atoms with E-state index in [-0.39, 0.29) is 5.69 Å². The number of hydrogen-bond donors (Lipinski definition) is 2. The van der Waals surface area contributed by atoms with E-state index in [2.05, 4.69) is 21.2 Å². The lowest BCUT2D eigenvalue weighted by atomic mass is 10.1. The molecule has 0 amide bonds. The van der Waals surface area contributed by atoms with Gasteiger partial charge in [-0.2, -0.15) is 13.2 Å². The Labute approximate surface area is 109 Å². The fourth-order valence-electron chi connectivity index (χ4n) is 1.64. The van der Waals surface area contributed by atoms with E-state index in [1.54, 1.807) is 0 Å². The number of rotatable bonds is 3. The van der Waals surface area contributed by atoms with Crippen LogP contribution in [0, 0.1) is 0 Å². The van der Waals surface area contributed by atoms with Gasteiger partial charge in [0.05, 0.1) is 5.56 Å². The van der Waals surface area contributed by atoms with Crippen LogP contribution in [-0.4, -0.2) is 16.6 Å². The van der Waals surface area contributed by atoms with E-state index in [0.717, 1.165) is 6.07 Å². The number of benzene rings is 1. The van der Waals surface area contributed by atoms with E-state index in [4.69, 9.17) is 5.11 Å². The van der Waals surface area contributed by atoms with E-state index >= 15 is 0 Å². The summed E-state index contributed by atoms with van der Waals surface area (Å²) in [4.78, 5) is 11.0. The molecular weight excluding hydrogens is 315 g/mol. The maximum absolute atomic E-state index is 12.8. The van der Waals surface area contributed by atoms with Crippen molar-refractivity contribution < 1.29 is 23.1 Å². The molecule has 1 aromatic rings. The molecule has 1 aliphatic carbocycles. The van der Waals surface area contributed by atoms with Gasteiger partial charge in [0.15, 0.2) is 0 Å². The normalized spacial score (nSPS) is 17.3. The van der Waals surface area contributed by atoms with Gasteiger partial charge in [0, 0.05) is 10.2 Å². The summed E-state index contributed by atoms with van der Waals surface area (Å²) in [5.41, 5.74) is -2.32. The van der Waals surface area contributed by atoms with Crippen molar-refractivity contribution in [2.24, 2.45) is 0 Å². The molecule has 0 bridgehead atoms. The van der Waals surface area contributed by atoms with Crippen LogP contribution >= 0.6 is 15.9 Å². The maximum atomic E-state index is 12.8. The fraction of sp³-hybridized carbons (Fsp3) is 0.364. The van der Waals surface area contributed by atoms with Crippen molar-refractivity contribution in [1.29, 1.82) is 0 Å². The Balaban J connectivity index is 2.38. The van der Waals surface area contributed by atoms with Crippen LogP contribution in [0.5, 0.6) is 0 Å². The van der Waals surface area contributed by atoms with Gasteiger partial charge in [-0.05, 0) is 31.0 Å². The number of halogens is 4. The number of anilines is 1. The zero-order valence-corrected chi connectivity index (χ0v) is 10.6. The van der Waals surface area contributed by atoms with E-state index in [1.807, 2.05) is 0 Å². The van der Waals surface area contributed by atoms with Crippen LogP contribution in [0.25, 0.3) is 0 Å². The molecule has 0 aromatic heterocycles. The van der Waals surface area contributed by atoms with Gasteiger partial charge in [-0.1, -0.05) is 15.9 Å². The Bertz CT molecular complexity index is 498. The van der Waals surface area contributed by atoms with Gasteiger partial charge < -0.3 is 10.4 Å². The highest BCUT2D eigenvalue weighted by Gasteiger charge is 2.51. The summed E-state index contributed by atoms with van der Waals surface area (Å²) in [6.07, 6.45) is -3.87. The average Bonchev–Trinajstić information content (AvgIpc) is 2.96. The lowest BCUT2D eigenvalue weighted by molar-refractivity contribution is -0.140. The minimum atomic E-state index is -4.52. The van der Waals surface area contributed by atoms with Gasteiger partial charge in [0.1, 0.15) is 5.54 Å². The topological polar surface area (TPSA) is 49.3 Å². The number of alkyl halides is 3. The number of carboxylic acids is 1. The molecule has 3 nitrogen and oxygen atoms in total. The zero-order chi connectivity index (χ0) is 13.6. The second kappa shape index (κ2) is 4.15. The molecular formula is C11H9BrF3NO2. The third-order valence-electron chi connectivity index (χ3n) is 2.82. The van der Waals surface area contributed by atoms with Gasteiger partial charge >= 0.3 is 12.1 Å². The molecule has 7 heteroatoms. The summed E-state index contributed by atoms with van der Waals surface area (Å²) >= 11 is 3.07. The largest absolute Gasteiger partial charge is 0.480 e. The third-order valence-corrected chi connectivity index (χ3v) is 3.31. The van der Waals surface area contributed by atoms with Crippen molar-refractivity contribution in [3.05, 3.63) is 28.2 Å². The van der Waals surface area contributed by atoms with E-state index in [1.165, 1.54) is 12.1 Å². The first-order valence-electron chi connectivity index (χ1n) is 5.13. The Morgan fingerprint density at radius 2 is 2.00 bits per heavy atom. The minimum absolute atomic E-state index is 0.211. The molecule has 2 N–H and O–H groups in total. The van der Waals surface area contributed by atoms with Crippen LogP contribution in [0.15, 0.2) is 22.7 Å². The molecule has 2 rings (SSSR count). The second-order valence-electron chi connectivity index (χ2n) is 4.20. The summed E-state index contributed by atoms with van der Waals surface area (Å²) in [6, 6.07) is 3.44. The van der Waals surface area contributed by atoms with Crippen molar-refractivity contribution in [3.63, 3.8) is 0 Å². The molecule has 0 aliphatic heterocycles. The Morgan fingerprint density at radius 1 is 1.39 bits per heavy atom. The summed E-state index contributed by atoms with van der Waals surface area (Å²) < 4.78 is 38.8. The van der Waals surface area contributed by atoms with E-state index in [9.17, 15) is 18.0 Å². The molecule has 0 radical (unpaired) electrons. The van der Waals surface area contributed by atoms with Crippen molar-refractivity contribution >= 4 is 27.6 Å². The number of nitrogens with one attached hydrogen (secondary N) is 1. The molecule has 0 saturated heterocycles. The summed E-state index contributed by atoms with van der Waals surface area (Å²) in [6.45, 7) is 0. The van der Waals surface area contributed by atoms with Crippen LogP contribution < -0.4 is 5.32 Å². The molecule has 1 aromatic carbocycles. The fourth-order valence-corrected chi connectivity index (χ4v) is 2.00. The molecule has 0 atom stereocenters. The quantitative estimate of drug-likeness (QED) is 0.895. The van der Waals surface area contributed by atoms with Gasteiger partial charge in [0.2, 0.25) is 0 Å². The van der Waals surface area contributed by atoms with Crippen LogP contribution in [0.2, 0.25) is 0 Å². The minimum Gasteiger partial charge on any atom is -0.480 e. The van der Waals surface area contributed by atoms with Crippen molar-refractivity contribution in [3.8, 4) is 0 Å². The third kappa shape index (κ3) is 2.45. The highest BCUT2D eigenvalue weighted by atomic mass is 79.9. The standard InChI is InChI=1S/C11H9BrF3NO2/c12-6-1-2-7(11(13,14)15)8(5-6)16-10(3-4-10)9(17)18/h1-2,5,16H,3-4H2,(H,17,18). The molecule has 1 fully saturated rings. The number of aliphatic carboxylic acids is 1. The average molecular weight is 324 g/mol. The monoisotopic (exact) mass is 323 g/mol. The summed E-state index contributed by atoms with van der Waals surface area (Å²) in [7, 11) is 0. The SMILES string of the molecule is O=C(O)C1(Nc2cc(Br)ccc2C(F)(F)F)CC1. The lowest BCUT2D eigenvalue weighted by Crippen LogP contribution is -2.32. The second-order valence-corrected chi connectivity index (χ2v) is 5.12. The van der Waals surface area contributed by atoms with Crippen LogP contribution in [0.4, 0.5) is 18.9 Å². The first-order chi connectivity index (χ1) is 8.24. The van der Waals surface area contributed by atoms with Gasteiger partial charge in [-0.3, -0.25) is 0 Å². The smallest absolute Gasteiger partial charge is 0.418 e. The molecule has 18 heavy (non-hydrogen) atoms. The Kier molecular flexibility index (Phi) is 3.04. The molecule has 1 aliphatic rings. The van der Waals surface area contributed by atoms with E-state index in [0.29, 0.717) is 17.3 Å². The first kappa shape index (κ1) is 13.2. The zero-order valence-electron chi connectivity index (χ0n) is 9.01. The van der Waals surface area contributed by atoms with E-state index < -0.39 is 23.2 Å². The molecule has 0 unspecified atom stereocenters. The number of carbonyl (C=O) groups is 1. The number of hydrogen-bond acceptors (Lipinski definition) is 2.